The molecule has 0 aromatic rings. The highest BCUT2D eigenvalue weighted by molar-refractivity contribution is 6.93. The molecule has 0 spiro atoms. The average Bonchev–Trinajstić information content (AvgIpc) is 1.99. The Labute approximate surface area is 112 Å². The Kier molecular flexibility index (Phi) is 10.5. The average molecular weight is 301 g/mol. The van der Waals surface area contributed by atoms with Gasteiger partial charge in [-0.3, -0.25) is 0 Å². The van der Waals surface area contributed by atoms with Crippen LogP contribution in [-0.2, 0) is 0 Å². The standard InChI is InChI=1S/C7H19FSi2.C4H11FSi.CH4/c1-7(9(2,3)4)10(5,6)8;1-4-6(2,3)5;/h7H,1-6H3;4H2,1-3H3;1H4. The van der Waals surface area contributed by atoms with Crippen molar-refractivity contribution < 1.29 is 8.22 Å². The first kappa shape index (κ1) is 22.7. The molecule has 0 aliphatic rings. The van der Waals surface area contributed by atoms with Crippen LogP contribution in [0.5, 0.6) is 0 Å². The summed E-state index contributed by atoms with van der Waals surface area (Å²) in [7, 11) is -5.67. The summed E-state index contributed by atoms with van der Waals surface area (Å²) in [4.78, 5) is 0. The summed E-state index contributed by atoms with van der Waals surface area (Å²) in [6, 6.07) is 0.743. The minimum atomic E-state index is -2.33. The van der Waals surface area contributed by atoms with Crippen molar-refractivity contribution in [2.75, 3.05) is 0 Å². The van der Waals surface area contributed by atoms with Crippen LogP contribution in [0.4, 0.5) is 8.22 Å². The van der Waals surface area contributed by atoms with Gasteiger partial charge in [-0.25, -0.2) is 0 Å². The third-order valence-corrected chi connectivity index (χ3v) is 14.2. The van der Waals surface area contributed by atoms with Gasteiger partial charge in [0.05, 0.1) is 0 Å². The topological polar surface area (TPSA) is 0 Å². The normalized spacial score (nSPS) is 14.3. The van der Waals surface area contributed by atoms with Gasteiger partial charge in [-0.1, -0.05) is 40.9 Å². The summed E-state index contributed by atoms with van der Waals surface area (Å²) in [5.74, 6) is 0. The molecule has 0 rings (SSSR count). The Hall–Kier alpha value is 0.511. The van der Waals surface area contributed by atoms with Gasteiger partial charge in [-0.05, 0) is 37.4 Å². The van der Waals surface area contributed by atoms with Gasteiger partial charge in [-0.2, -0.15) is 0 Å². The molecule has 108 valence electrons. The zero-order valence-corrected chi connectivity index (χ0v) is 15.5. The highest BCUT2D eigenvalue weighted by Gasteiger charge is 2.38. The molecule has 1 atom stereocenters. The lowest BCUT2D eigenvalue weighted by Gasteiger charge is -2.31. The number of rotatable bonds is 3. The summed E-state index contributed by atoms with van der Waals surface area (Å²) in [6.07, 6.45) is 0. The number of halogens is 2. The molecular formula is C12H34F2Si3. The van der Waals surface area contributed by atoms with E-state index in [0.29, 0.717) is 5.16 Å². The molecule has 0 amide bonds. The van der Waals surface area contributed by atoms with Crippen LogP contribution in [0.1, 0.15) is 21.3 Å². The Morgan fingerprint density at radius 2 is 1.12 bits per heavy atom. The maximum atomic E-state index is 13.5. The predicted octanol–water partition coefficient (Wildman–Crippen LogP) is 6.25. The van der Waals surface area contributed by atoms with Crippen LogP contribution in [0.3, 0.4) is 0 Å². The second-order valence-electron chi connectivity index (χ2n) is 6.72. The van der Waals surface area contributed by atoms with Gasteiger partial charge in [0, 0.05) is 8.07 Å². The van der Waals surface area contributed by atoms with Gasteiger partial charge in [0.2, 0.25) is 16.8 Å². The molecular weight excluding hydrogens is 266 g/mol. The van der Waals surface area contributed by atoms with E-state index in [9.17, 15) is 8.22 Å². The van der Waals surface area contributed by atoms with Crippen LogP contribution in [-0.4, -0.2) is 24.9 Å². The van der Waals surface area contributed by atoms with Crippen molar-refractivity contribution in [3.05, 3.63) is 0 Å². The zero-order chi connectivity index (χ0) is 13.8. The van der Waals surface area contributed by atoms with Crippen molar-refractivity contribution in [1.82, 2.24) is 0 Å². The van der Waals surface area contributed by atoms with E-state index in [1.54, 1.807) is 13.1 Å². The largest absolute Gasteiger partial charge is 0.314 e. The Morgan fingerprint density at radius 3 is 1.12 bits per heavy atom. The van der Waals surface area contributed by atoms with E-state index in [1.165, 1.54) is 0 Å². The van der Waals surface area contributed by atoms with E-state index in [1.807, 2.05) is 20.0 Å². The predicted molar refractivity (Wildman–Crippen MR) is 87.2 cm³/mol. The smallest absolute Gasteiger partial charge is 0.241 e. The third kappa shape index (κ3) is 14.5. The lowest BCUT2D eigenvalue weighted by atomic mass is 10.9. The molecule has 0 aliphatic heterocycles. The van der Waals surface area contributed by atoms with Crippen molar-refractivity contribution in [1.29, 1.82) is 0 Å². The lowest BCUT2D eigenvalue weighted by molar-refractivity contribution is 0.774. The monoisotopic (exact) mass is 300 g/mol. The Balaban J connectivity index is -0.000000244. The molecule has 0 aromatic carbocycles. The summed E-state index contributed by atoms with van der Waals surface area (Å²) in [5, 5.41) is 0.375. The zero-order valence-electron chi connectivity index (χ0n) is 12.5. The van der Waals surface area contributed by atoms with E-state index in [-0.39, 0.29) is 7.43 Å². The maximum absolute atomic E-state index is 13.5. The first-order valence-corrected chi connectivity index (χ1v) is 15.7. The maximum Gasteiger partial charge on any atom is 0.241 e. The van der Waals surface area contributed by atoms with E-state index >= 15 is 0 Å². The first-order valence-electron chi connectivity index (χ1n) is 6.09. The van der Waals surface area contributed by atoms with Crippen molar-refractivity contribution in [2.24, 2.45) is 0 Å². The molecule has 0 nitrogen and oxygen atoms in total. The molecule has 0 radical (unpaired) electrons. The van der Waals surface area contributed by atoms with Crippen LogP contribution in [0.25, 0.3) is 0 Å². The van der Waals surface area contributed by atoms with Crippen LogP contribution >= 0.6 is 0 Å². The Bertz CT molecular complexity index is 173. The summed E-state index contributed by atoms with van der Waals surface area (Å²) in [6.45, 7) is 17.8. The minimum Gasteiger partial charge on any atom is -0.314 e. The lowest BCUT2D eigenvalue weighted by Crippen LogP contribution is -2.41. The summed E-state index contributed by atoms with van der Waals surface area (Å²) < 4.78 is 25.7. The fraction of sp³-hybridized carbons (Fsp3) is 1.00. The van der Waals surface area contributed by atoms with Crippen molar-refractivity contribution in [3.63, 3.8) is 0 Å². The molecule has 0 fully saturated rings. The van der Waals surface area contributed by atoms with Crippen LogP contribution in [0.2, 0.25) is 57.0 Å². The highest BCUT2D eigenvalue weighted by Crippen LogP contribution is 2.31. The minimum absolute atomic E-state index is 0. The van der Waals surface area contributed by atoms with Gasteiger partial charge >= 0.3 is 0 Å². The number of hydrogen-bond acceptors (Lipinski definition) is 0. The van der Waals surface area contributed by atoms with E-state index in [2.05, 4.69) is 26.6 Å². The molecule has 0 saturated carbocycles. The van der Waals surface area contributed by atoms with E-state index in [4.69, 9.17) is 0 Å². The van der Waals surface area contributed by atoms with Crippen molar-refractivity contribution in [2.45, 2.75) is 78.3 Å². The molecule has 0 aliphatic carbocycles. The molecule has 0 bridgehead atoms. The Morgan fingerprint density at radius 1 is 0.882 bits per heavy atom. The SMILES string of the molecule is C.CC([Si](C)(C)C)[Si](C)(C)F.CC[Si](C)(C)F. The van der Waals surface area contributed by atoms with Gasteiger partial charge < -0.3 is 8.22 Å². The molecule has 0 heterocycles. The van der Waals surface area contributed by atoms with Crippen molar-refractivity contribution in [3.8, 4) is 0 Å². The van der Waals surface area contributed by atoms with Crippen LogP contribution < -0.4 is 0 Å². The van der Waals surface area contributed by atoms with Gasteiger partial charge in [0.15, 0.2) is 0 Å². The fourth-order valence-electron chi connectivity index (χ4n) is 1.03. The van der Waals surface area contributed by atoms with E-state index < -0.39 is 24.9 Å². The molecule has 1 unspecified atom stereocenters. The second kappa shape index (κ2) is 7.84. The summed E-state index contributed by atoms with van der Waals surface area (Å²) >= 11 is 0. The molecule has 0 N–H and O–H groups in total. The summed E-state index contributed by atoms with van der Waals surface area (Å²) in [5.41, 5.74) is 0. The van der Waals surface area contributed by atoms with Crippen LogP contribution in [0.15, 0.2) is 0 Å². The molecule has 0 saturated heterocycles. The number of hydrogen-bond donors (Lipinski definition) is 0. The molecule has 0 aromatic heterocycles. The molecule has 17 heavy (non-hydrogen) atoms. The van der Waals surface area contributed by atoms with E-state index in [0.717, 1.165) is 6.04 Å². The quantitative estimate of drug-likeness (QED) is 0.427. The van der Waals surface area contributed by atoms with Gasteiger partial charge in [0.25, 0.3) is 0 Å². The van der Waals surface area contributed by atoms with Crippen molar-refractivity contribution >= 4 is 24.9 Å². The molecule has 5 heteroatoms. The second-order valence-corrected chi connectivity index (χ2v) is 21.0. The van der Waals surface area contributed by atoms with Gasteiger partial charge in [-0.15, -0.1) is 0 Å². The van der Waals surface area contributed by atoms with Gasteiger partial charge in [0.1, 0.15) is 0 Å². The fourth-order valence-corrected chi connectivity index (χ4v) is 9.27. The highest BCUT2D eigenvalue weighted by atomic mass is 28.4. The first-order chi connectivity index (χ1) is 6.72. The third-order valence-electron chi connectivity index (χ3n) is 3.17. The van der Waals surface area contributed by atoms with Crippen LogP contribution in [0, 0.1) is 0 Å².